The largest absolute Gasteiger partial charge is 0.337 e. The van der Waals surface area contributed by atoms with Gasteiger partial charge in [0.25, 0.3) is 5.91 Å². The summed E-state index contributed by atoms with van der Waals surface area (Å²) in [6.45, 7) is 4.26. The first-order valence-corrected chi connectivity index (χ1v) is 7.77. The van der Waals surface area contributed by atoms with E-state index < -0.39 is 0 Å². The standard InChI is InChI=1S/C18H19N5O/c1-12(2)13-8-10-15(11-9-13)20-18(24)16-17(22-23-21-16)19-14-6-4-3-5-7-14/h3-12H,1-2H3,(H,20,24)(H2,19,21,22,23). The topological polar surface area (TPSA) is 82.7 Å². The van der Waals surface area contributed by atoms with Gasteiger partial charge in [-0.15, -0.1) is 10.2 Å². The maximum absolute atomic E-state index is 12.4. The Morgan fingerprint density at radius 1 is 0.958 bits per heavy atom. The molecule has 0 spiro atoms. The van der Waals surface area contributed by atoms with Crippen LogP contribution in [0.3, 0.4) is 0 Å². The lowest BCUT2D eigenvalue weighted by molar-refractivity contribution is 0.102. The summed E-state index contributed by atoms with van der Waals surface area (Å²) in [6, 6.07) is 17.3. The summed E-state index contributed by atoms with van der Waals surface area (Å²) in [4.78, 5) is 12.4. The van der Waals surface area contributed by atoms with E-state index in [4.69, 9.17) is 0 Å². The Balaban J connectivity index is 1.73. The van der Waals surface area contributed by atoms with Gasteiger partial charge in [-0.25, -0.2) is 0 Å². The van der Waals surface area contributed by atoms with Gasteiger partial charge in [-0.05, 0) is 35.7 Å². The molecule has 0 radical (unpaired) electrons. The highest BCUT2D eigenvalue weighted by Crippen LogP contribution is 2.20. The third-order valence-electron chi connectivity index (χ3n) is 3.63. The fourth-order valence-electron chi connectivity index (χ4n) is 2.28. The molecule has 6 heteroatoms. The second-order valence-electron chi connectivity index (χ2n) is 5.74. The molecular weight excluding hydrogens is 302 g/mol. The predicted molar refractivity (Wildman–Crippen MR) is 94.6 cm³/mol. The van der Waals surface area contributed by atoms with Gasteiger partial charge in [0.05, 0.1) is 0 Å². The van der Waals surface area contributed by atoms with E-state index >= 15 is 0 Å². The smallest absolute Gasteiger partial charge is 0.280 e. The van der Waals surface area contributed by atoms with Crippen LogP contribution in [0.4, 0.5) is 17.2 Å². The second kappa shape index (κ2) is 6.95. The molecule has 0 unspecified atom stereocenters. The lowest BCUT2D eigenvalue weighted by Crippen LogP contribution is -2.14. The quantitative estimate of drug-likeness (QED) is 0.665. The van der Waals surface area contributed by atoms with Crippen LogP contribution in [0.15, 0.2) is 54.6 Å². The van der Waals surface area contributed by atoms with E-state index in [0.29, 0.717) is 11.7 Å². The van der Waals surface area contributed by atoms with E-state index in [1.165, 1.54) is 5.56 Å². The summed E-state index contributed by atoms with van der Waals surface area (Å²) in [6.07, 6.45) is 0. The number of anilines is 3. The van der Waals surface area contributed by atoms with Crippen molar-refractivity contribution in [2.75, 3.05) is 10.6 Å². The number of aromatic amines is 1. The van der Waals surface area contributed by atoms with Gasteiger partial charge in [0, 0.05) is 11.4 Å². The summed E-state index contributed by atoms with van der Waals surface area (Å²) in [5.74, 6) is 0.518. The Hall–Kier alpha value is -3.15. The summed E-state index contributed by atoms with van der Waals surface area (Å²) in [5.41, 5.74) is 2.99. The van der Waals surface area contributed by atoms with Gasteiger partial charge in [0.1, 0.15) is 0 Å². The minimum atomic E-state index is -0.320. The third-order valence-corrected chi connectivity index (χ3v) is 3.63. The average Bonchev–Trinajstić information content (AvgIpc) is 3.04. The van der Waals surface area contributed by atoms with Gasteiger partial charge in [-0.1, -0.05) is 44.2 Å². The number of rotatable bonds is 5. The van der Waals surface area contributed by atoms with Gasteiger partial charge in [-0.3, -0.25) is 4.79 Å². The van der Waals surface area contributed by atoms with Gasteiger partial charge < -0.3 is 10.6 Å². The van der Waals surface area contributed by atoms with Crippen LogP contribution in [0.25, 0.3) is 0 Å². The van der Waals surface area contributed by atoms with Crippen molar-refractivity contribution in [1.29, 1.82) is 0 Å². The molecule has 3 rings (SSSR count). The summed E-state index contributed by atoms with van der Waals surface area (Å²) in [7, 11) is 0. The molecule has 0 saturated carbocycles. The highest BCUT2D eigenvalue weighted by atomic mass is 16.2. The van der Waals surface area contributed by atoms with E-state index in [1.807, 2.05) is 54.6 Å². The minimum absolute atomic E-state index is 0.215. The van der Waals surface area contributed by atoms with Crippen molar-refractivity contribution in [1.82, 2.24) is 15.4 Å². The first kappa shape index (κ1) is 15.7. The van der Waals surface area contributed by atoms with Crippen molar-refractivity contribution >= 4 is 23.1 Å². The number of hydrogen-bond donors (Lipinski definition) is 3. The SMILES string of the molecule is CC(C)c1ccc(NC(=O)c2n[nH]nc2Nc2ccccc2)cc1. The Morgan fingerprint density at radius 3 is 2.33 bits per heavy atom. The molecule has 0 fully saturated rings. The van der Waals surface area contributed by atoms with Crippen molar-refractivity contribution in [2.24, 2.45) is 0 Å². The van der Waals surface area contributed by atoms with Gasteiger partial charge in [0.15, 0.2) is 11.5 Å². The molecule has 2 aromatic carbocycles. The molecule has 3 N–H and O–H groups in total. The zero-order valence-corrected chi connectivity index (χ0v) is 13.6. The van der Waals surface area contributed by atoms with Crippen molar-refractivity contribution in [3.05, 3.63) is 65.9 Å². The van der Waals surface area contributed by atoms with Crippen LogP contribution in [-0.4, -0.2) is 21.3 Å². The summed E-state index contributed by atoms with van der Waals surface area (Å²) >= 11 is 0. The second-order valence-corrected chi connectivity index (χ2v) is 5.74. The van der Waals surface area contributed by atoms with E-state index in [-0.39, 0.29) is 11.6 Å². The van der Waals surface area contributed by atoms with E-state index in [0.717, 1.165) is 11.4 Å². The molecule has 0 aliphatic rings. The number of nitrogens with one attached hydrogen (secondary N) is 3. The highest BCUT2D eigenvalue weighted by Gasteiger charge is 2.17. The van der Waals surface area contributed by atoms with Crippen LogP contribution in [0.2, 0.25) is 0 Å². The molecule has 6 nitrogen and oxygen atoms in total. The maximum atomic E-state index is 12.4. The number of para-hydroxylation sites is 1. The number of carbonyl (C=O) groups excluding carboxylic acids is 1. The monoisotopic (exact) mass is 321 g/mol. The fourth-order valence-corrected chi connectivity index (χ4v) is 2.28. The number of amides is 1. The van der Waals surface area contributed by atoms with Crippen LogP contribution >= 0.6 is 0 Å². The Kier molecular flexibility index (Phi) is 4.56. The van der Waals surface area contributed by atoms with Crippen molar-refractivity contribution < 1.29 is 4.79 Å². The van der Waals surface area contributed by atoms with E-state index in [2.05, 4.69) is 39.9 Å². The Labute approximate surface area is 140 Å². The van der Waals surface area contributed by atoms with Crippen molar-refractivity contribution in [3.8, 4) is 0 Å². The molecule has 1 aromatic heterocycles. The number of H-pyrrole nitrogens is 1. The average molecular weight is 321 g/mol. The first-order chi connectivity index (χ1) is 11.6. The molecule has 0 saturated heterocycles. The van der Waals surface area contributed by atoms with Gasteiger partial charge in [-0.2, -0.15) is 5.21 Å². The Morgan fingerprint density at radius 2 is 1.67 bits per heavy atom. The molecule has 0 bridgehead atoms. The van der Waals surface area contributed by atoms with Crippen LogP contribution in [0, 0.1) is 0 Å². The van der Waals surface area contributed by atoms with Gasteiger partial charge in [0.2, 0.25) is 0 Å². The summed E-state index contributed by atoms with van der Waals surface area (Å²) in [5, 5.41) is 16.3. The zero-order chi connectivity index (χ0) is 16.9. The van der Waals surface area contributed by atoms with Crippen LogP contribution in [-0.2, 0) is 0 Å². The molecule has 1 amide bonds. The van der Waals surface area contributed by atoms with Crippen LogP contribution in [0.5, 0.6) is 0 Å². The summed E-state index contributed by atoms with van der Waals surface area (Å²) < 4.78 is 0. The first-order valence-electron chi connectivity index (χ1n) is 7.77. The van der Waals surface area contributed by atoms with Crippen molar-refractivity contribution in [2.45, 2.75) is 19.8 Å². The maximum Gasteiger partial charge on any atom is 0.280 e. The van der Waals surface area contributed by atoms with Crippen molar-refractivity contribution in [3.63, 3.8) is 0 Å². The highest BCUT2D eigenvalue weighted by molar-refractivity contribution is 6.06. The normalized spacial score (nSPS) is 10.6. The molecule has 122 valence electrons. The number of hydrogen-bond acceptors (Lipinski definition) is 4. The molecular formula is C18H19N5O. The number of carbonyl (C=O) groups is 1. The van der Waals surface area contributed by atoms with E-state index in [1.54, 1.807) is 0 Å². The number of benzene rings is 2. The van der Waals surface area contributed by atoms with Gasteiger partial charge >= 0.3 is 0 Å². The van der Waals surface area contributed by atoms with Crippen LogP contribution < -0.4 is 10.6 Å². The molecule has 0 aliphatic carbocycles. The zero-order valence-electron chi connectivity index (χ0n) is 13.6. The van der Waals surface area contributed by atoms with E-state index in [9.17, 15) is 4.79 Å². The molecule has 1 heterocycles. The Bertz CT molecular complexity index is 809. The molecule has 0 atom stereocenters. The fraction of sp³-hybridized carbons (Fsp3) is 0.167. The predicted octanol–water partition coefficient (Wildman–Crippen LogP) is 3.92. The lowest BCUT2D eigenvalue weighted by atomic mass is 10.0. The number of nitrogens with zero attached hydrogens (tertiary/aromatic N) is 2. The molecule has 24 heavy (non-hydrogen) atoms. The molecule has 3 aromatic rings. The van der Waals surface area contributed by atoms with Crippen LogP contribution in [0.1, 0.15) is 35.8 Å². The third kappa shape index (κ3) is 3.60. The minimum Gasteiger partial charge on any atom is -0.337 e. The molecule has 0 aliphatic heterocycles. The lowest BCUT2D eigenvalue weighted by Gasteiger charge is -2.08. The number of aromatic nitrogens is 3.